The number of amides is 1. The summed E-state index contributed by atoms with van der Waals surface area (Å²) in [6.07, 6.45) is 1.35. The minimum absolute atomic E-state index is 0.146. The van der Waals surface area contributed by atoms with Crippen LogP contribution in [0.5, 0.6) is 0 Å². The van der Waals surface area contributed by atoms with E-state index in [9.17, 15) is 4.79 Å². The predicted octanol–water partition coefficient (Wildman–Crippen LogP) is 2.25. The predicted molar refractivity (Wildman–Crippen MR) is 94.1 cm³/mol. The molecule has 0 aliphatic heterocycles. The van der Waals surface area contributed by atoms with Gasteiger partial charge in [-0.05, 0) is 30.7 Å². The molecule has 6 N–H and O–H groups in total. The molecule has 0 unspecified atom stereocenters. The highest BCUT2D eigenvalue weighted by atomic mass is 16.1. The summed E-state index contributed by atoms with van der Waals surface area (Å²) in [6.45, 7) is 1.78. The third-order valence-corrected chi connectivity index (χ3v) is 3.48. The van der Waals surface area contributed by atoms with Crippen molar-refractivity contribution < 1.29 is 4.79 Å². The lowest BCUT2D eigenvalue weighted by Gasteiger charge is -2.06. The molecule has 0 saturated heterocycles. The van der Waals surface area contributed by atoms with E-state index in [1.54, 1.807) is 13.0 Å². The Hall–Kier alpha value is -3.75. The van der Waals surface area contributed by atoms with E-state index in [4.69, 9.17) is 17.2 Å². The van der Waals surface area contributed by atoms with E-state index >= 15 is 0 Å². The molecule has 0 aliphatic carbocycles. The molecule has 126 valence electrons. The van der Waals surface area contributed by atoms with E-state index in [1.165, 1.54) is 10.9 Å². The van der Waals surface area contributed by atoms with Gasteiger partial charge in [0.2, 0.25) is 0 Å². The van der Waals surface area contributed by atoms with Crippen LogP contribution in [0.3, 0.4) is 0 Å². The van der Waals surface area contributed by atoms with E-state index in [-0.39, 0.29) is 17.2 Å². The molecule has 0 saturated carbocycles. The monoisotopic (exact) mass is 336 g/mol. The first-order valence-electron chi connectivity index (χ1n) is 7.35. The number of hydrogen-bond acceptors (Lipinski definition) is 7. The molecule has 9 nitrogen and oxygen atoms in total. The van der Waals surface area contributed by atoms with Crippen molar-refractivity contribution in [1.82, 2.24) is 14.8 Å². The van der Waals surface area contributed by atoms with Crippen LogP contribution < -0.4 is 17.2 Å². The third-order valence-electron chi connectivity index (χ3n) is 3.48. The molecular formula is C16H16N8O. The van der Waals surface area contributed by atoms with Crippen LogP contribution in [0.1, 0.15) is 15.9 Å². The smallest absolute Gasteiger partial charge is 0.254 e. The summed E-state index contributed by atoms with van der Waals surface area (Å²) in [5.74, 6) is -0.0145. The second-order valence-corrected chi connectivity index (χ2v) is 5.29. The first-order chi connectivity index (χ1) is 12.0. The van der Waals surface area contributed by atoms with Crippen molar-refractivity contribution in [2.45, 2.75) is 6.92 Å². The highest BCUT2D eigenvalue weighted by Crippen LogP contribution is 2.30. The molecular weight excluding hydrogens is 320 g/mol. The SMILES string of the molecule is Cc1cc(N)nc(N)c1N=Nc1c(C(N)=O)cnn1-c1ccccc1. The maximum atomic E-state index is 11.7. The van der Waals surface area contributed by atoms with E-state index in [1.807, 2.05) is 30.3 Å². The average molecular weight is 336 g/mol. The number of nitrogens with zero attached hydrogens (tertiary/aromatic N) is 5. The standard InChI is InChI=1S/C16H16N8O/c1-9-7-12(17)21-14(18)13(9)22-23-16-11(15(19)25)8-20-24(16)10-5-3-2-4-6-10/h2-8H,1H3,(H2,19,25)(H4,17,18,21). The second kappa shape index (κ2) is 6.40. The van der Waals surface area contributed by atoms with Crippen molar-refractivity contribution in [1.29, 1.82) is 0 Å². The van der Waals surface area contributed by atoms with Gasteiger partial charge < -0.3 is 17.2 Å². The van der Waals surface area contributed by atoms with Gasteiger partial charge in [0.25, 0.3) is 5.91 Å². The van der Waals surface area contributed by atoms with Gasteiger partial charge in [-0.25, -0.2) is 9.67 Å². The third kappa shape index (κ3) is 3.15. The summed E-state index contributed by atoms with van der Waals surface area (Å²) < 4.78 is 1.47. The van der Waals surface area contributed by atoms with Gasteiger partial charge in [-0.1, -0.05) is 18.2 Å². The summed E-state index contributed by atoms with van der Waals surface area (Å²) in [4.78, 5) is 15.6. The average Bonchev–Trinajstić information content (AvgIpc) is 2.99. The molecule has 0 bridgehead atoms. The van der Waals surface area contributed by atoms with Gasteiger partial charge in [-0.15, -0.1) is 10.2 Å². The number of carbonyl (C=O) groups is 1. The maximum Gasteiger partial charge on any atom is 0.254 e. The number of azo groups is 1. The second-order valence-electron chi connectivity index (χ2n) is 5.29. The van der Waals surface area contributed by atoms with Crippen molar-refractivity contribution in [3.63, 3.8) is 0 Å². The molecule has 3 aromatic rings. The van der Waals surface area contributed by atoms with Gasteiger partial charge in [-0.2, -0.15) is 5.10 Å². The van der Waals surface area contributed by atoms with Crippen molar-refractivity contribution in [3.8, 4) is 5.69 Å². The van der Waals surface area contributed by atoms with E-state index in [0.717, 1.165) is 0 Å². The largest absolute Gasteiger partial charge is 0.384 e. The van der Waals surface area contributed by atoms with Crippen LogP contribution in [0.15, 0.2) is 52.8 Å². The van der Waals surface area contributed by atoms with Crippen molar-refractivity contribution >= 4 is 29.0 Å². The van der Waals surface area contributed by atoms with Crippen molar-refractivity contribution in [2.24, 2.45) is 16.0 Å². The van der Waals surface area contributed by atoms with Crippen molar-refractivity contribution in [3.05, 3.63) is 53.7 Å². The molecule has 2 aromatic heterocycles. The van der Waals surface area contributed by atoms with E-state index in [0.29, 0.717) is 22.8 Å². The van der Waals surface area contributed by atoms with Crippen molar-refractivity contribution in [2.75, 3.05) is 11.5 Å². The van der Waals surface area contributed by atoms with Gasteiger partial charge in [0.05, 0.1) is 11.9 Å². The first-order valence-corrected chi connectivity index (χ1v) is 7.35. The zero-order valence-electron chi connectivity index (χ0n) is 13.4. The van der Waals surface area contributed by atoms with E-state index in [2.05, 4.69) is 20.3 Å². The van der Waals surface area contributed by atoms with Crippen LogP contribution in [0, 0.1) is 6.92 Å². The van der Waals surface area contributed by atoms with Crippen LogP contribution in [0.25, 0.3) is 5.69 Å². The molecule has 0 atom stereocenters. The zero-order valence-corrected chi connectivity index (χ0v) is 13.4. The Morgan fingerprint density at radius 1 is 1.16 bits per heavy atom. The number of aromatic nitrogens is 3. The van der Waals surface area contributed by atoms with Gasteiger partial charge in [0.1, 0.15) is 17.1 Å². The number of benzene rings is 1. The summed E-state index contributed by atoms with van der Waals surface area (Å²) >= 11 is 0. The van der Waals surface area contributed by atoms with Crippen LogP contribution in [0.2, 0.25) is 0 Å². The van der Waals surface area contributed by atoms with Crippen LogP contribution in [0.4, 0.5) is 23.1 Å². The van der Waals surface area contributed by atoms with Crippen LogP contribution >= 0.6 is 0 Å². The fourth-order valence-electron chi connectivity index (χ4n) is 2.31. The van der Waals surface area contributed by atoms with Gasteiger partial charge in [0.15, 0.2) is 11.6 Å². The number of nitrogen functional groups attached to an aromatic ring is 2. The summed E-state index contributed by atoms with van der Waals surface area (Å²) in [5, 5.41) is 12.5. The molecule has 0 spiro atoms. The van der Waals surface area contributed by atoms with E-state index < -0.39 is 5.91 Å². The number of aryl methyl sites for hydroxylation is 1. The Kier molecular flexibility index (Phi) is 4.12. The fourth-order valence-corrected chi connectivity index (χ4v) is 2.31. The van der Waals surface area contributed by atoms with Gasteiger partial charge in [-0.3, -0.25) is 4.79 Å². The normalized spacial score (nSPS) is 11.1. The Bertz CT molecular complexity index is 939. The molecule has 0 aliphatic rings. The summed E-state index contributed by atoms with van der Waals surface area (Å²) in [5.41, 5.74) is 18.8. The molecule has 0 fully saturated rings. The van der Waals surface area contributed by atoms with Crippen LogP contribution in [-0.4, -0.2) is 20.7 Å². The number of para-hydroxylation sites is 1. The van der Waals surface area contributed by atoms with Gasteiger partial charge >= 0.3 is 0 Å². The maximum absolute atomic E-state index is 11.7. The number of hydrogen-bond donors (Lipinski definition) is 3. The Labute approximate surface area is 143 Å². The Morgan fingerprint density at radius 3 is 2.52 bits per heavy atom. The zero-order chi connectivity index (χ0) is 18.0. The summed E-state index contributed by atoms with van der Waals surface area (Å²) in [7, 11) is 0. The molecule has 9 heteroatoms. The number of carbonyl (C=O) groups excluding carboxylic acids is 1. The highest BCUT2D eigenvalue weighted by Gasteiger charge is 2.17. The fraction of sp³-hybridized carbons (Fsp3) is 0.0625. The minimum Gasteiger partial charge on any atom is -0.384 e. The molecule has 1 amide bonds. The first kappa shape index (κ1) is 16.1. The Morgan fingerprint density at radius 2 is 1.88 bits per heavy atom. The number of pyridine rings is 1. The molecule has 25 heavy (non-hydrogen) atoms. The van der Waals surface area contributed by atoms with Gasteiger partial charge in [0, 0.05) is 0 Å². The lowest BCUT2D eigenvalue weighted by atomic mass is 10.2. The number of primary amides is 1. The topological polar surface area (TPSA) is 151 Å². The highest BCUT2D eigenvalue weighted by molar-refractivity contribution is 5.97. The minimum atomic E-state index is -0.656. The quantitative estimate of drug-likeness (QED) is 0.624. The lowest BCUT2D eigenvalue weighted by Crippen LogP contribution is -2.10. The Balaban J connectivity index is 2.11. The number of nitrogens with two attached hydrogens (primary N) is 3. The number of rotatable bonds is 4. The lowest BCUT2D eigenvalue weighted by molar-refractivity contribution is 0.100. The molecule has 3 rings (SSSR count). The molecule has 2 heterocycles. The number of anilines is 2. The van der Waals surface area contributed by atoms with Crippen LogP contribution in [-0.2, 0) is 0 Å². The molecule has 1 aromatic carbocycles. The molecule has 0 radical (unpaired) electrons. The summed E-state index contributed by atoms with van der Waals surface area (Å²) in [6, 6.07) is 10.8.